The largest absolute Gasteiger partial charge is 0.285 e. The summed E-state index contributed by atoms with van der Waals surface area (Å²) in [6, 6.07) is 9.67. The van der Waals surface area contributed by atoms with Crippen LogP contribution >= 0.6 is 0 Å². The molecule has 0 radical (unpaired) electrons. The van der Waals surface area contributed by atoms with Crippen molar-refractivity contribution >= 4 is 5.78 Å². The Morgan fingerprint density at radius 2 is 1.80 bits per heavy atom. The highest BCUT2D eigenvalue weighted by atomic mass is 16.1. The van der Waals surface area contributed by atoms with E-state index in [1.807, 2.05) is 30.3 Å². The van der Waals surface area contributed by atoms with Crippen molar-refractivity contribution in [2.75, 3.05) is 0 Å². The van der Waals surface area contributed by atoms with Crippen LogP contribution in [0.4, 0.5) is 0 Å². The number of Topliss-reactive ketones (excluding diaryl/α,β-unsaturated/α-hetero) is 1. The zero-order valence-corrected chi connectivity index (χ0v) is 8.70. The van der Waals surface area contributed by atoms with E-state index in [1.54, 1.807) is 0 Å². The van der Waals surface area contributed by atoms with Crippen LogP contribution in [0.3, 0.4) is 0 Å². The lowest BCUT2D eigenvalue weighted by molar-refractivity contribution is -0.117. The molecule has 1 fully saturated rings. The fourth-order valence-corrected chi connectivity index (χ4v) is 1.95. The van der Waals surface area contributed by atoms with Gasteiger partial charge in [-0.05, 0) is 30.9 Å². The Morgan fingerprint density at radius 3 is 2.47 bits per heavy atom. The van der Waals surface area contributed by atoms with Crippen LogP contribution in [0.1, 0.15) is 31.2 Å². The maximum atomic E-state index is 11.6. The van der Waals surface area contributed by atoms with E-state index in [-0.39, 0.29) is 11.7 Å². The summed E-state index contributed by atoms with van der Waals surface area (Å²) in [6.45, 7) is 0. The number of rotatable bonds is 1. The molecule has 1 saturated carbocycles. The van der Waals surface area contributed by atoms with E-state index >= 15 is 0 Å². The highest BCUT2D eigenvalue weighted by Crippen LogP contribution is 2.25. The fraction of sp³-hybridized carbons (Fsp3) is 0.357. The van der Waals surface area contributed by atoms with Gasteiger partial charge in [0.05, 0.1) is 0 Å². The molecule has 0 N–H and O–H groups in total. The Morgan fingerprint density at radius 1 is 1.13 bits per heavy atom. The summed E-state index contributed by atoms with van der Waals surface area (Å²) in [6.07, 6.45) is 4.43. The van der Waals surface area contributed by atoms with Crippen molar-refractivity contribution in [3.63, 3.8) is 0 Å². The zero-order valence-electron chi connectivity index (χ0n) is 8.70. The van der Waals surface area contributed by atoms with Crippen molar-refractivity contribution in [3.05, 3.63) is 35.9 Å². The Kier molecular flexibility index (Phi) is 3.19. The van der Waals surface area contributed by atoms with Crippen LogP contribution in [0.2, 0.25) is 0 Å². The molecular formula is C14H14O. The van der Waals surface area contributed by atoms with Gasteiger partial charge in [0.25, 0.3) is 0 Å². The van der Waals surface area contributed by atoms with Crippen LogP contribution in [-0.4, -0.2) is 5.78 Å². The van der Waals surface area contributed by atoms with Crippen LogP contribution in [0.15, 0.2) is 30.3 Å². The number of carbonyl (C=O) groups is 1. The van der Waals surface area contributed by atoms with Crippen LogP contribution in [0.5, 0.6) is 0 Å². The first-order valence-corrected chi connectivity index (χ1v) is 5.47. The van der Waals surface area contributed by atoms with E-state index < -0.39 is 0 Å². The highest BCUT2D eigenvalue weighted by Gasteiger charge is 2.20. The summed E-state index contributed by atoms with van der Waals surface area (Å²) in [4.78, 5) is 11.6. The van der Waals surface area contributed by atoms with Gasteiger partial charge in [-0.25, -0.2) is 0 Å². The van der Waals surface area contributed by atoms with Gasteiger partial charge in [-0.2, -0.15) is 0 Å². The fourth-order valence-electron chi connectivity index (χ4n) is 1.95. The van der Waals surface area contributed by atoms with E-state index in [2.05, 4.69) is 11.8 Å². The van der Waals surface area contributed by atoms with Crippen LogP contribution in [0, 0.1) is 17.8 Å². The van der Waals surface area contributed by atoms with Gasteiger partial charge < -0.3 is 0 Å². The lowest BCUT2D eigenvalue weighted by Crippen LogP contribution is -2.07. The molecule has 0 aromatic heterocycles. The van der Waals surface area contributed by atoms with Crippen molar-refractivity contribution < 1.29 is 4.79 Å². The second-order valence-electron chi connectivity index (χ2n) is 3.96. The van der Waals surface area contributed by atoms with Gasteiger partial charge in [0, 0.05) is 11.5 Å². The average molecular weight is 198 g/mol. The summed E-state index contributed by atoms with van der Waals surface area (Å²) >= 11 is 0. The van der Waals surface area contributed by atoms with Gasteiger partial charge in [-0.15, -0.1) is 0 Å². The van der Waals surface area contributed by atoms with Gasteiger partial charge in [0.2, 0.25) is 5.78 Å². The van der Waals surface area contributed by atoms with Gasteiger partial charge in [0.15, 0.2) is 0 Å². The smallest absolute Gasteiger partial charge is 0.208 e. The Labute approximate surface area is 90.5 Å². The molecule has 0 saturated heterocycles. The zero-order chi connectivity index (χ0) is 10.5. The molecule has 0 spiro atoms. The van der Waals surface area contributed by atoms with Crippen LogP contribution in [-0.2, 0) is 4.79 Å². The van der Waals surface area contributed by atoms with Crippen LogP contribution < -0.4 is 0 Å². The topological polar surface area (TPSA) is 17.1 Å². The second kappa shape index (κ2) is 4.79. The van der Waals surface area contributed by atoms with E-state index in [1.165, 1.54) is 12.8 Å². The van der Waals surface area contributed by atoms with Gasteiger partial charge in [0.1, 0.15) is 0 Å². The molecule has 1 aromatic rings. The lowest BCUT2D eigenvalue weighted by Gasteiger charge is -1.99. The first-order chi connectivity index (χ1) is 7.36. The molecule has 1 heteroatoms. The van der Waals surface area contributed by atoms with Crippen molar-refractivity contribution in [3.8, 4) is 11.8 Å². The molecule has 0 bridgehead atoms. The predicted molar refractivity (Wildman–Crippen MR) is 60.3 cm³/mol. The van der Waals surface area contributed by atoms with Gasteiger partial charge >= 0.3 is 0 Å². The summed E-state index contributed by atoms with van der Waals surface area (Å²) in [5, 5.41) is 0. The van der Waals surface area contributed by atoms with E-state index in [4.69, 9.17) is 0 Å². The third-order valence-corrected chi connectivity index (χ3v) is 2.83. The monoisotopic (exact) mass is 198 g/mol. The molecule has 0 unspecified atom stereocenters. The maximum absolute atomic E-state index is 11.6. The number of ketones is 1. The molecule has 0 atom stereocenters. The number of hydrogen-bond acceptors (Lipinski definition) is 1. The molecule has 1 aromatic carbocycles. The minimum absolute atomic E-state index is 0.122. The first-order valence-electron chi connectivity index (χ1n) is 5.47. The van der Waals surface area contributed by atoms with Crippen molar-refractivity contribution in [1.29, 1.82) is 0 Å². The standard InChI is InChI=1S/C14H14O/c15-14(13-8-4-5-9-13)11-10-12-6-2-1-3-7-12/h1-3,6-7,13H,4-5,8-9H2. The quantitative estimate of drug-likeness (QED) is 0.634. The third-order valence-electron chi connectivity index (χ3n) is 2.83. The summed E-state index contributed by atoms with van der Waals surface area (Å²) in [7, 11) is 0. The first kappa shape index (κ1) is 9.98. The Hall–Kier alpha value is -1.55. The molecular weight excluding hydrogens is 184 g/mol. The minimum atomic E-state index is 0.122. The summed E-state index contributed by atoms with van der Waals surface area (Å²) in [5.41, 5.74) is 0.920. The molecule has 76 valence electrons. The summed E-state index contributed by atoms with van der Waals surface area (Å²) < 4.78 is 0. The number of carbonyl (C=O) groups excluding carboxylic acids is 1. The van der Waals surface area contributed by atoms with E-state index in [9.17, 15) is 4.79 Å². The molecule has 1 aliphatic carbocycles. The van der Waals surface area contributed by atoms with E-state index in [0.29, 0.717) is 0 Å². The number of hydrogen-bond donors (Lipinski definition) is 0. The molecule has 0 amide bonds. The minimum Gasteiger partial charge on any atom is -0.285 e. The average Bonchev–Trinajstić information content (AvgIpc) is 2.81. The van der Waals surface area contributed by atoms with Gasteiger partial charge in [-0.3, -0.25) is 4.79 Å². The normalized spacial score (nSPS) is 15.7. The summed E-state index contributed by atoms with van der Waals surface area (Å²) in [5.74, 6) is 6.00. The molecule has 1 nitrogen and oxygen atoms in total. The molecule has 1 aliphatic rings. The maximum Gasteiger partial charge on any atom is 0.208 e. The Bertz CT molecular complexity index is 388. The molecule has 0 heterocycles. The third kappa shape index (κ3) is 2.70. The Balaban J connectivity index is 2.02. The van der Waals surface area contributed by atoms with E-state index in [0.717, 1.165) is 18.4 Å². The molecule has 0 aliphatic heterocycles. The highest BCUT2D eigenvalue weighted by molar-refractivity contribution is 5.97. The van der Waals surface area contributed by atoms with Gasteiger partial charge in [-0.1, -0.05) is 37.0 Å². The predicted octanol–water partition coefficient (Wildman–Crippen LogP) is 2.80. The lowest BCUT2D eigenvalue weighted by atomic mass is 10.0. The molecule has 15 heavy (non-hydrogen) atoms. The van der Waals surface area contributed by atoms with Crippen molar-refractivity contribution in [2.24, 2.45) is 5.92 Å². The SMILES string of the molecule is O=C(C#Cc1ccccc1)C1CCCC1. The number of benzene rings is 1. The van der Waals surface area contributed by atoms with Crippen molar-refractivity contribution in [2.45, 2.75) is 25.7 Å². The second-order valence-corrected chi connectivity index (χ2v) is 3.96. The van der Waals surface area contributed by atoms with Crippen LogP contribution in [0.25, 0.3) is 0 Å². The molecule has 2 rings (SSSR count). The van der Waals surface area contributed by atoms with Crippen molar-refractivity contribution in [1.82, 2.24) is 0 Å².